The maximum atomic E-state index is 12.2. The van der Waals surface area contributed by atoms with Crippen molar-refractivity contribution >= 4 is 17.1 Å². The number of amides is 1. The van der Waals surface area contributed by atoms with E-state index in [1.807, 2.05) is 37.6 Å². The first-order chi connectivity index (χ1) is 13.8. The van der Waals surface area contributed by atoms with Crippen LogP contribution in [0.1, 0.15) is 44.0 Å². The third-order valence-corrected chi connectivity index (χ3v) is 6.99. The van der Waals surface area contributed by atoms with Crippen molar-refractivity contribution in [2.45, 2.75) is 45.2 Å². The molecule has 152 valence electrons. The van der Waals surface area contributed by atoms with Gasteiger partial charge >= 0.3 is 0 Å². The van der Waals surface area contributed by atoms with Crippen LogP contribution in [0, 0.1) is 5.41 Å². The van der Waals surface area contributed by atoms with E-state index in [9.17, 15) is 4.79 Å². The number of nitrogens with two attached hydrogens (primary N) is 1. The van der Waals surface area contributed by atoms with E-state index in [4.69, 9.17) is 5.73 Å². The van der Waals surface area contributed by atoms with Gasteiger partial charge in [0.1, 0.15) is 0 Å². The molecule has 1 fully saturated rings. The fourth-order valence-electron chi connectivity index (χ4n) is 4.46. The van der Waals surface area contributed by atoms with Crippen LogP contribution in [-0.4, -0.2) is 39.1 Å². The molecule has 0 saturated heterocycles. The molecule has 0 bridgehead atoms. The first-order valence-electron chi connectivity index (χ1n) is 9.94. The molecule has 1 aliphatic carbocycles. The minimum Gasteiger partial charge on any atom is -0.379 e. The largest absolute Gasteiger partial charge is 0.379 e. The lowest BCUT2D eigenvalue weighted by molar-refractivity contribution is 0.100. The van der Waals surface area contributed by atoms with Crippen LogP contribution in [0.15, 0.2) is 43.0 Å². The Kier molecular flexibility index (Phi) is 4.58. The minimum absolute atomic E-state index is 0.00370. The van der Waals surface area contributed by atoms with Crippen molar-refractivity contribution in [3.8, 4) is 11.1 Å². The lowest BCUT2D eigenvalue weighted by Gasteiger charge is -2.42. The van der Waals surface area contributed by atoms with Crippen LogP contribution in [0.5, 0.6) is 0 Å². The maximum Gasteiger partial charge on any atom is 0.252 e. The molecule has 1 saturated carbocycles. The fraction of sp³-hybridized carbons (Fsp3) is 0.409. The molecular formula is C22H28N6O. The van der Waals surface area contributed by atoms with Gasteiger partial charge in [-0.05, 0) is 38.9 Å². The molecular weight excluding hydrogens is 364 g/mol. The number of fused-ring (bicyclic) bond motifs is 1. The number of carbonyl (C=O) groups excluding carboxylic acids is 1. The van der Waals surface area contributed by atoms with Crippen molar-refractivity contribution in [3.63, 3.8) is 0 Å². The van der Waals surface area contributed by atoms with Crippen LogP contribution in [0.25, 0.3) is 16.6 Å². The van der Waals surface area contributed by atoms with E-state index in [1.165, 1.54) is 0 Å². The van der Waals surface area contributed by atoms with Gasteiger partial charge in [-0.1, -0.05) is 19.9 Å². The Hall–Kier alpha value is -2.93. The number of carbonyl (C=O) groups is 1. The van der Waals surface area contributed by atoms with E-state index in [2.05, 4.69) is 41.5 Å². The Balaban J connectivity index is 1.81. The average molecular weight is 393 g/mol. The van der Waals surface area contributed by atoms with Gasteiger partial charge in [-0.15, -0.1) is 0 Å². The van der Waals surface area contributed by atoms with E-state index < -0.39 is 5.91 Å². The highest BCUT2D eigenvalue weighted by molar-refractivity contribution is 6.02. The van der Waals surface area contributed by atoms with Gasteiger partial charge in [-0.2, -0.15) is 5.10 Å². The number of hydrogen-bond acceptors (Lipinski definition) is 5. The second-order valence-electron chi connectivity index (χ2n) is 8.64. The molecule has 0 aliphatic heterocycles. The van der Waals surface area contributed by atoms with Crippen LogP contribution in [0.3, 0.4) is 0 Å². The number of rotatable bonds is 5. The Morgan fingerprint density at radius 2 is 2.07 bits per heavy atom. The molecule has 7 heteroatoms. The van der Waals surface area contributed by atoms with Crippen molar-refractivity contribution in [2.24, 2.45) is 11.1 Å². The molecule has 4 N–H and O–H groups in total. The topological polar surface area (TPSA) is 97.3 Å². The molecule has 29 heavy (non-hydrogen) atoms. The molecule has 4 rings (SSSR count). The second kappa shape index (κ2) is 6.84. The summed E-state index contributed by atoms with van der Waals surface area (Å²) in [5.74, 6) is -0.487. The first kappa shape index (κ1) is 19.4. The molecule has 3 aromatic heterocycles. The Morgan fingerprint density at radius 1 is 1.28 bits per heavy atom. The summed E-state index contributed by atoms with van der Waals surface area (Å²) in [5, 5.41) is 11.6. The summed E-state index contributed by atoms with van der Waals surface area (Å²) in [4.78, 5) is 16.4. The monoisotopic (exact) mass is 392 g/mol. The highest BCUT2D eigenvalue weighted by Crippen LogP contribution is 2.47. The Labute approximate surface area is 170 Å². The quantitative estimate of drug-likeness (QED) is 0.620. The molecule has 2 atom stereocenters. The van der Waals surface area contributed by atoms with Crippen LogP contribution in [-0.2, 0) is 0 Å². The van der Waals surface area contributed by atoms with Crippen molar-refractivity contribution < 1.29 is 4.79 Å². The molecule has 7 nitrogen and oxygen atoms in total. The van der Waals surface area contributed by atoms with Crippen LogP contribution in [0.2, 0.25) is 0 Å². The maximum absolute atomic E-state index is 12.2. The summed E-state index contributed by atoms with van der Waals surface area (Å²) in [6.45, 7) is 6.77. The van der Waals surface area contributed by atoms with Gasteiger partial charge in [-0.3, -0.25) is 9.78 Å². The summed E-state index contributed by atoms with van der Waals surface area (Å²) in [7, 11) is 2.01. The van der Waals surface area contributed by atoms with Gasteiger partial charge in [-0.25, -0.2) is 4.52 Å². The van der Waals surface area contributed by atoms with Crippen molar-refractivity contribution in [1.82, 2.24) is 19.9 Å². The van der Waals surface area contributed by atoms with Crippen LogP contribution < -0.4 is 16.4 Å². The molecule has 1 unspecified atom stereocenters. The number of nitrogens with zero attached hydrogens (tertiary/aromatic N) is 3. The van der Waals surface area contributed by atoms with Gasteiger partial charge in [0.25, 0.3) is 5.91 Å². The molecule has 0 aromatic carbocycles. The third kappa shape index (κ3) is 3.06. The number of pyridine rings is 1. The van der Waals surface area contributed by atoms with Crippen LogP contribution >= 0.6 is 0 Å². The van der Waals surface area contributed by atoms with E-state index in [0.717, 1.165) is 35.2 Å². The molecule has 1 aliphatic rings. The predicted octanol–water partition coefficient (Wildman–Crippen LogP) is 3.07. The van der Waals surface area contributed by atoms with Gasteiger partial charge in [0.15, 0.2) is 0 Å². The van der Waals surface area contributed by atoms with Gasteiger partial charge in [0, 0.05) is 46.7 Å². The molecule has 0 radical (unpaired) electrons. The SMILES string of the molecule is CNC1(C)CC[C@@H](Nc2c(C(N)=O)cnn3cc(-c4cccnc4)cc23)C1(C)C. The first-order valence-corrected chi connectivity index (χ1v) is 9.94. The lowest BCUT2D eigenvalue weighted by Crippen LogP contribution is -2.53. The molecule has 1 amide bonds. The predicted molar refractivity (Wildman–Crippen MR) is 115 cm³/mol. The molecule has 3 heterocycles. The van der Waals surface area contributed by atoms with Crippen molar-refractivity contribution in [1.29, 1.82) is 0 Å². The minimum atomic E-state index is -0.487. The number of nitrogens with one attached hydrogen (secondary N) is 2. The summed E-state index contributed by atoms with van der Waals surface area (Å²) < 4.78 is 1.79. The summed E-state index contributed by atoms with van der Waals surface area (Å²) in [6.07, 6.45) is 9.09. The van der Waals surface area contributed by atoms with Gasteiger partial charge in [0.2, 0.25) is 0 Å². The van der Waals surface area contributed by atoms with E-state index in [-0.39, 0.29) is 17.0 Å². The van der Waals surface area contributed by atoms with Gasteiger partial charge < -0.3 is 16.4 Å². The molecule has 0 spiro atoms. The smallest absolute Gasteiger partial charge is 0.252 e. The summed E-state index contributed by atoms with van der Waals surface area (Å²) >= 11 is 0. The van der Waals surface area contributed by atoms with E-state index in [1.54, 1.807) is 16.9 Å². The molecule has 3 aromatic rings. The number of primary amides is 1. The average Bonchev–Trinajstić information content (AvgIpc) is 3.24. The lowest BCUT2D eigenvalue weighted by atomic mass is 9.74. The normalized spacial score (nSPS) is 23.4. The number of aromatic nitrogens is 3. The van der Waals surface area contributed by atoms with E-state index in [0.29, 0.717) is 5.56 Å². The fourth-order valence-corrected chi connectivity index (χ4v) is 4.46. The summed E-state index contributed by atoms with van der Waals surface area (Å²) in [6, 6.07) is 6.11. The Bertz CT molecular complexity index is 1060. The van der Waals surface area contributed by atoms with Crippen LogP contribution in [0.4, 0.5) is 5.69 Å². The third-order valence-electron chi connectivity index (χ3n) is 6.99. The number of hydrogen-bond donors (Lipinski definition) is 3. The highest BCUT2D eigenvalue weighted by Gasteiger charge is 2.51. The van der Waals surface area contributed by atoms with Gasteiger partial charge in [0.05, 0.1) is 23.0 Å². The highest BCUT2D eigenvalue weighted by atomic mass is 16.1. The van der Waals surface area contributed by atoms with Crippen molar-refractivity contribution in [2.75, 3.05) is 12.4 Å². The standard InChI is InChI=1S/C22H28N6O/c1-21(2)18(7-8-22(21,3)24-4)27-19-16(20(23)29)12-26-28-13-15(10-17(19)28)14-6-5-9-25-11-14/h5-6,9-13,18,24,27H,7-8H2,1-4H3,(H2,23,29)/t18-,22?/m1/s1. The second-order valence-corrected chi connectivity index (χ2v) is 8.64. The Morgan fingerprint density at radius 3 is 2.69 bits per heavy atom. The zero-order valence-corrected chi connectivity index (χ0v) is 17.4. The van der Waals surface area contributed by atoms with E-state index >= 15 is 0 Å². The number of anilines is 1. The summed E-state index contributed by atoms with van der Waals surface area (Å²) in [5.41, 5.74) is 9.62. The zero-order chi connectivity index (χ0) is 20.8. The van der Waals surface area contributed by atoms with Crippen molar-refractivity contribution in [3.05, 3.63) is 48.5 Å². The zero-order valence-electron chi connectivity index (χ0n) is 17.4.